The molecule has 0 aromatic heterocycles. The summed E-state index contributed by atoms with van der Waals surface area (Å²) in [6.07, 6.45) is -4.20. The molecule has 0 heterocycles. The highest BCUT2D eigenvalue weighted by molar-refractivity contribution is 7.99. The van der Waals surface area contributed by atoms with Crippen LogP contribution in [0.15, 0.2) is 23.1 Å². The van der Waals surface area contributed by atoms with Crippen LogP contribution in [0.5, 0.6) is 0 Å². The maximum Gasteiger partial charge on any atom is 0.416 e. The summed E-state index contributed by atoms with van der Waals surface area (Å²) in [6, 6.07) is 3.41. The Hall–Kier alpha value is -0.880. The molecule has 0 spiro atoms. The van der Waals surface area contributed by atoms with E-state index in [1.165, 1.54) is 17.8 Å². The van der Waals surface area contributed by atoms with Crippen LogP contribution in [-0.2, 0) is 10.9 Å². The third-order valence-electron chi connectivity index (χ3n) is 2.13. The van der Waals surface area contributed by atoms with Crippen molar-refractivity contribution in [3.05, 3.63) is 23.8 Å². The van der Waals surface area contributed by atoms with Crippen molar-refractivity contribution in [1.82, 2.24) is 0 Å². The molecule has 0 unspecified atom stereocenters. The van der Waals surface area contributed by atoms with Gasteiger partial charge >= 0.3 is 6.18 Å². The Labute approximate surface area is 109 Å². The number of ether oxygens (including phenoxy) is 1. The van der Waals surface area contributed by atoms with Crippen molar-refractivity contribution in [3.8, 4) is 0 Å². The molecule has 0 radical (unpaired) electrons. The van der Waals surface area contributed by atoms with Gasteiger partial charge in [-0.25, -0.2) is 0 Å². The van der Waals surface area contributed by atoms with Crippen molar-refractivity contribution in [1.29, 1.82) is 0 Å². The van der Waals surface area contributed by atoms with E-state index in [0.717, 1.165) is 12.1 Å². The number of alkyl halides is 3. The summed E-state index contributed by atoms with van der Waals surface area (Å²) in [4.78, 5) is 0.648. The fraction of sp³-hybridized carbons (Fsp3) is 0.500. The fourth-order valence-electron chi connectivity index (χ4n) is 1.29. The van der Waals surface area contributed by atoms with Crippen LogP contribution < -0.4 is 5.73 Å². The van der Waals surface area contributed by atoms with Crippen molar-refractivity contribution >= 4 is 17.4 Å². The molecule has 1 rings (SSSR count). The molecule has 1 aromatic rings. The van der Waals surface area contributed by atoms with Crippen LogP contribution in [0, 0.1) is 0 Å². The highest BCUT2D eigenvalue weighted by Crippen LogP contribution is 2.34. The zero-order chi connectivity index (χ0) is 13.8. The predicted molar refractivity (Wildman–Crippen MR) is 67.7 cm³/mol. The van der Waals surface area contributed by atoms with Gasteiger partial charge in [0.2, 0.25) is 0 Å². The average Bonchev–Trinajstić information content (AvgIpc) is 2.24. The van der Waals surface area contributed by atoms with Crippen molar-refractivity contribution in [2.75, 3.05) is 18.1 Å². The van der Waals surface area contributed by atoms with E-state index in [-0.39, 0.29) is 11.8 Å². The molecule has 0 saturated carbocycles. The molecule has 102 valence electrons. The Morgan fingerprint density at radius 3 is 2.50 bits per heavy atom. The van der Waals surface area contributed by atoms with Gasteiger partial charge in [-0.15, -0.1) is 11.8 Å². The monoisotopic (exact) mass is 279 g/mol. The van der Waals surface area contributed by atoms with Crippen LogP contribution in [0.4, 0.5) is 18.9 Å². The van der Waals surface area contributed by atoms with E-state index in [1.54, 1.807) is 0 Å². The van der Waals surface area contributed by atoms with Gasteiger partial charge in [0.05, 0.1) is 18.3 Å². The number of hydrogen-bond acceptors (Lipinski definition) is 3. The Balaban J connectivity index is 2.58. The quantitative estimate of drug-likeness (QED) is 0.506. The van der Waals surface area contributed by atoms with Crippen molar-refractivity contribution in [3.63, 3.8) is 0 Å². The van der Waals surface area contributed by atoms with Gasteiger partial charge < -0.3 is 10.5 Å². The maximum atomic E-state index is 12.4. The molecular weight excluding hydrogens is 263 g/mol. The lowest BCUT2D eigenvalue weighted by atomic mass is 10.2. The topological polar surface area (TPSA) is 35.2 Å². The Morgan fingerprint density at radius 1 is 1.33 bits per heavy atom. The average molecular weight is 279 g/mol. The Morgan fingerprint density at radius 2 is 2.00 bits per heavy atom. The zero-order valence-electron chi connectivity index (χ0n) is 10.3. The first-order valence-corrected chi connectivity index (χ1v) is 6.50. The van der Waals surface area contributed by atoms with Crippen LogP contribution in [0.2, 0.25) is 0 Å². The van der Waals surface area contributed by atoms with Gasteiger partial charge in [0, 0.05) is 16.3 Å². The molecule has 2 N–H and O–H groups in total. The van der Waals surface area contributed by atoms with Gasteiger partial charge in [-0.3, -0.25) is 0 Å². The fourth-order valence-corrected chi connectivity index (χ4v) is 2.08. The largest absolute Gasteiger partial charge is 0.416 e. The highest BCUT2D eigenvalue weighted by Gasteiger charge is 2.30. The number of halogens is 3. The number of nitrogens with two attached hydrogens (primary N) is 1. The molecule has 0 aliphatic heterocycles. The van der Waals surface area contributed by atoms with Crippen LogP contribution >= 0.6 is 11.8 Å². The minimum Gasteiger partial charge on any atom is -0.398 e. The molecule has 6 heteroatoms. The van der Waals surface area contributed by atoms with Gasteiger partial charge in [-0.1, -0.05) is 0 Å². The number of benzene rings is 1. The number of hydrogen-bond donors (Lipinski definition) is 1. The number of thioether (sulfide) groups is 1. The molecule has 18 heavy (non-hydrogen) atoms. The second-order valence-electron chi connectivity index (χ2n) is 4.02. The first-order chi connectivity index (χ1) is 8.30. The lowest BCUT2D eigenvalue weighted by Gasteiger charge is -2.11. The van der Waals surface area contributed by atoms with Crippen molar-refractivity contribution in [2.45, 2.75) is 31.0 Å². The number of rotatable bonds is 5. The molecule has 0 atom stereocenters. The van der Waals surface area contributed by atoms with E-state index in [0.29, 0.717) is 17.3 Å². The first kappa shape index (κ1) is 15.2. The third kappa shape index (κ3) is 4.78. The van der Waals surface area contributed by atoms with E-state index >= 15 is 0 Å². The Bertz CT molecular complexity index is 393. The van der Waals surface area contributed by atoms with Crippen LogP contribution in [0.3, 0.4) is 0 Å². The van der Waals surface area contributed by atoms with Crippen LogP contribution in [0.1, 0.15) is 19.4 Å². The van der Waals surface area contributed by atoms with Gasteiger partial charge in [0.25, 0.3) is 0 Å². The summed E-state index contributed by atoms with van der Waals surface area (Å²) in [7, 11) is 0. The predicted octanol–water partition coefficient (Wildman–Crippen LogP) is 3.80. The lowest BCUT2D eigenvalue weighted by molar-refractivity contribution is -0.137. The van der Waals surface area contributed by atoms with Gasteiger partial charge in [-0.05, 0) is 32.0 Å². The summed E-state index contributed by atoms with van der Waals surface area (Å²) in [5, 5.41) is 0. The van der Waals surface area contributed by atoms with E-state index < -0.39 is 11.7 Å². The van der Waals surface area contributed by atoms with Crippen molar-refractivity contribution in [2.24, 2.45) is 0 Å². The SMILES string of the molecule is CC(C)OCCSc1ccc(C(F)(F)F)cc1N. The number of nitrogen functional groups attached to an aromatic ring is 1. The Kier molecular flexibility index (Phi) is 5.34. The lowest BCUT2D eigenvalue weighted by Crippen LogP contribution is -2.07. The zero-order valence-corrected chi connectivity index (χ0v) is 11.1. The van der Waals surface area contributed by atoms with E-state index in [1.807, 2.05) is 13.8 Å². The summed E-state index contributed by atoms with van der Waals surface area (Å²) >= 11 is 1.39. The third-order valence-corrected chi connectivity index (χ3v) is 3.18. The van der Waals surface area contributed by atoms with Gasteiger partial charge in [0.15, 0.2) is 0 Å². The van der Waals surface area contributed by atoms with Crippen LogP contribution in [-0.4, -0.2) is 18.5 Å². The van der Waals surface area contributed by atoms with E-state index in [2.05, 4.69) is 0 Å². The van der Waals surface area contributed by atoms with E-state index in [4.69, 9.17) is 10.5 Å². The molecule has 2 nitrogen and oxygen atoms in total. The molecule has 0 aliphatic rings. The second-order valence-corrected chi connectivity index (χ2v) is 5.16. The van der Waals surface area contributed by atoms with Crippen molar-refractivity contribution < 1.29 is 17.9 Å². The summed E-state index contributed by atoms with van der Waals surface area (Å²) in [5.74, 6) is 0.660. The van der Waals surface area contributed by atoms with Crippen LogP contribution in [0.25, 0.3) is 0 Å². The molecule has 1 aromatic carbocycles. The van der Waals surface area contributed by atoms with Gasteiger partial charge in [-0.2, -0.15) is 13.2 Å². The molecule has 0 amide bonds. The highest BCUT2D eigenvalue weighted by atomic mass is 32.2. The van der Waals surface area contributed by atoms with E-state index in [9.17, 15) is 13.2 Å². The molecule has 0 aliphatic carbocycles. The molecular formula is C12H16F3NOS. The first-order valence-electron chi connectivity index (χ1n) is 5.52. The molecule has 0 bridgehead atoms. The molecule has 0 fully saturated rings. The standard InChI is InChI=1S/C12H16F3NOS/c1-8(2)17-5-6-18-11-4-3-9(7-10(11)16)12(13,14)15/h3-4,7-8H,5-6,16H2,1-2H3. The maximum absolute atomic E-state index is 12.4. The minimum absolute atomic E-state index is 0.149. The normalized spacial score (nSPS) is 12.1. The summed E-state index contributed by atoms with van der Waals surface area (Å²) < 4.78 is 42.6. The summed E-state index contributed by atoms with van der Waals surface area (Å²) in [6.45, 7) is 4.40. The van der Waals surface area contributed by atoms with Gasteiger partial charge in [0.1, 0.15) is 0 Å². The minimum atomic E-state index is -4.35. The second kappa shape index (κ2) is 6.33. The molecule has 0 saturated heterocycles. The smallest absolute Gasteiger partial charge is 0.398 e. The number of anilines is 1. The summed E-state index contributed by atoms with van der Waals surface area (Å²) in [5.41, 5.74) is 5.03.